The van der Waals surface area contributed by atoms with E-state index in [1.54, 1.807) is 0 Å². The van der Waals surface area contributed by atoms with E-state index in [9.17, 15) is 0 Å². The Hall–Kier alpha value is -3.06. The second-order valence-corrected chi connectivity index (χ2v) is 8.50. The molecule has 0 spiro atoms. The van der Waals surface area contributed by atoms with Crippen LogP contribution in [-0.4, -0.2) is 0 Å². The largest absolute Gasteiger partial charge is 0.198 e. The van der Waals surface area contributed by atoms with Gasteiger partial charge in [-0.3, -0.25) is 0 Å². The summed E-state index contributed by atoms with van der Waals surface area (Å²) in [6.45, 7) is 11.5. The maximum atomic E-state index is 8.27. The summed E-state index contributed by atoms with van der Waals surface area (Å²) >= 11 is 0. The number of hydrogen-bond donors (Lipinski definition) is 0. The van der Waals surface area contributed by atoms with E-state index in [-0.39, 0.29) is 16.2 Å². The Morgan fingerprint density at radius 2 is 0.481 bits per heavy atom. The number of hydrogen-bond acceptors (Lipinski definition) is 6. The van der Waals surface area contributed by atoms with Crippen LogP contribution in [0.25, 0.3) is 0 Å². The van der Waals surface area contributed by atoms with Crippen molar-refractivity contribution in [2.45, 2.75) is 80.1 Å². The average Bonchev–Trinajstić information content (AvgIpc) is 2.47. The third kappa shape index (κ3) is 22.9. The lowest BCUT2D eigenvalue weighted by Gasteiger charge is -2.14. The van der Waals surface area contributed by atoms with Crippen molar-refractivity contribution in [3.8, 4) is 36.4 Å². The maximum absolute atomic E-state index is 8.27. The lowest BCUT2D eigenvalue weighted by Crippen LogP contribution is -2.08. The second kappa shape index (κ2) is 15.2. The van der Waals surface area contributed by atoms with Crippen LogP contribution in [0.1, 0.15) is 80.1 Å². The smallest absolute Gasteiger partial charge is 0.0627 e. The number of nitriles is 6. The molecule has 0 rings (SSSR count). The van der Waals surface area contributed by atoms with Gasteiger partial charge in [0, 0.05) is 38.5 Å². The van der Waals surface area contributed by atoms with Crippen molar-refractivity contribution < 1.29 is 0 Å². The van der Waals surface area contributed by atoms with Crippen molar-refractivity contribution >= 4 is 0 Å². The summed E-state index contributed by atoms with van der Waals surface area (Å²) in [4.78, 5) is 0. The molecule has 0 radical (unpaired) electrons. The zero-order chi connectivity index (χ0) is 22.0. The van der Waals surface area contributed by atoms with E-state index >= 15 is 0 Å². The van der Waals surface area contributed by atoms with Crippen LogP contribution in [0, 0.1) is 84.2 Å². The molecule has 0 fully saturated rings. The summed E-state index contributed by atoms with van der Waals surface area (Å²) in [5.74, 6) is 0. The molecule has 0 aliphatic carbocycles. The molecule has 0 aromatic rings. The minimum Gasteiger partial charge on any atom is -0.198 e. The minimum atomic E-state index is -0.122. The van der Waals surface area contributed by atoms with E-state index in [2.05, 4.69) is 0 Å². The van der Waals surface area contributed by atoms with Gasteiger partial charge in [0.1, 0.15) is 0 Å². The first-order valence-electron chi connectivity index (χ1n) is 8.58. The molecule has 0 aliphatic heterocycles. The van der Waals surface area contributed by atoms with Gasteiger partial charge >= 0.3 is 0 Å². The molecule has 0 heterocycles. The Morgan fingerprint density at radius 3 is 0.556 bits per heavy atom. The fourth-order valence-electron chi connectivity index (χ4n) is 1.47. The average molecular weight is 367 g/mol. The highest BCUT2D eigenvalue weighted by Crippen LogP contribution is 2.24. The van der Waals surface area contributed by atoms with Gasteiger partial charge in [0.25, 0.3) is 0 Å². The van der Waals surface area contributed by atoms with Crippen molar-refractivity contribution in [3.05, 3.63) is 0 Å². The Balaban J connectivity index is -0.000000320. The summed E-state index contributed by atoms with van der Waals surface area (Å²) in [6.07, 6.45) is 2.75. The zero-order valence-electron chi connectivity index (χ0n) is 17.4. The van der Waals surface area contributed by atoms with E-state index < -0.39 is 0 Å². The molecule has 0 N–H and O–H groups in total. The van der Waals surface area contributed by atoms with Crippen LogP contribution in [0.5, 0.6) is 0 Å². The Morgan fingerprint density at radius 1 is 0.370 bits per heavy atom. The molecule has 144 valence electrons. The van der Waals surface area contributed by atoms with Crippen molar-refractivity contribution in [3.63, 3.8) is 0 Å². The van der Waals surface area contributed by atoms with E-state index in [1.165, 1.54) is 0 Å². The van der Waals surface area contributed by atoms with Gasteiger partial charge in [-0.2, -0.15) is 31.6 Å². The molecule has 0 unspecified atom stereocenters. The van der Waals surface area contributed by atoms with E-state index in [0.717, 1.165) is 0 Å². The van der Waals surface area contributed by atoms with Crippen molar-refractivity contribution in [2.75, 3.05) is 0 Å². The van der Waals surface area contributed by atoms with Crippen LogP contribution < -0.4 is 0 Å². The van der Waals surface area contributed by atoms with Gasteiger partial charge in [0.05, 0.1) is 36.4 Å². The topological polar surface area (TPSA) is 143 Å². The molecule has 0 aliphatic rings. The quantitative estimate of drug-likeness (QED) is 0.605. The molecular formula is C21H30N6. The molecule has 6 nitrogen and oxygen atoms in total. The molecule has 0 atom stereocenters. The SMILES string of the molecule is CC(C)(CC#N)CC#N.CC(C)(CC#N)CC#N.CC(C)(CC#N)CC#N. The summed E-state index contributed by atoms with van der Waals surface area (Å²) in [7, 11) is 0. The second-order valence-electron chi connectivity index (χ2n) is 8.50. The summed E-state index contributed by atoms with van der Waals surface area (Å²) in [6, 6.07) is 12.2. The zero-order valence-corrected chi connectivity index (χ0v) is 17.4. The Bertz CT molecular complexity index is 511. The lowest BCUT2D eigenvalue weighted by molar-refractivity contribution is 0.386. The first-order valence-corrected chi connectivity index (χ1v) is 8.58. The highest BCUT2D eigenvalue weighted by atomic mass is 14.3. The van der Waals surface area contributed by atoms with Crippen molar-refractivity contribution in [2.24, 2.45) is 16.2 Å². The van der Waals surface area contributed by atoms with Gasteiger partial charge in [-0.1, -0.05) is 41.5 Å². The summed E-state index contributed by atoms with van der Waals surface area (Å²) in [5, 5.41) is 49.6. The fourth-order valence-corrected chi connectivity index (χ4v) is 1.47. The molecular weight excluding hydrogens is 336 g/mol. The minimum absolute atomic E-state index is 0.122. The predicted molar refractivity (Wildman–Crippen MR) is 103 cm³/mol. The molecule has 0 aromatic heterocycles. The van der Waals surface area contributed by atoms with Gasteiger partial charge in [0.2, 0.25) is 0 Å². The van der Waals surface area contributed by atoms with Crippen LogP contribution >= 0.6 is 0 Å². The van der Waals surface area contributed by atoms with Crippen molar-refractivity contribution in [1.82, 2.24) is 0 Å². The van der Waals surface area contributed by atoms with Crippen molar-refractivity contribution in [1.29, 1.82) is 31.6 Å². The molecule has 0 saturated heterocycles. The maximum Gasteiger partial charge on any atom is 0.0627 e. The van der Waals surface area contributed by atoms with Gasteiger partial charge < -0.3 is 0 Å². The van der Waals surface area contributed by atoms with Gasteiger partial charge in [-0.25, -0.2) is 0 Å². The molecule has 27 heavy (non-hydrogen) atoms. The van der Waals surface area contributed by atoms with E-state index in [0.29, 0.717) is 38.5 Å². The molecule has 6 heteroatoms. The van der Waals surface area contributed by atoms with Gasteiger partial charge in [-0.05, 0) is 16.2 Å². The third-order valence-electron chi connectivity index (χ3n) is 3.35. The number of nitrogens with zero attached hydrogens (tertiary/aromatic N) is 6. The lowest BCUT2D eigenvalue weighted by atomic mass is 9.87. The molecule has 0 aromatic carbocycles. The van der Waals surface area contributed by atoms with Crippen LogP contribution in [0.15, 0.2) is 0 Å². The van der Waals surface area contributed by atoms with Crippen LogP contribution in [0.2, 0.25) is 0 Å². The summed E-state index contributed by atoms with van der Waals surface area (Å²) in [5.41, 5.74) is -0.365. The van der Waals surface area contributed by atoms with Crippen LogP contribution in [0.4, 0.5) is 0 Å². The molecule has 0 bridgehead atoms. The van der Waals surface area contributed by atoms with Crippen LogP contribution in [0.3, 0.4) is 0 Å². The normalized spacial score (nSPS) is 9.78. The molecule has 0 amide bonds. The number of rotatable bonds is 6. The Labute approximate surface area is 164 Å². The first-order chi connectivity index (χ1) is 12.4. The van der Waals surface area contributed by atoms with E-state index in [1.807, 2.05) is 78.0 Å². The fraction of sp³-hybridized carbons (Fsp3) is 0.714. The van der Waals surface area contributed by atoms with Gasteiger partial charge in [0.15, 0.2) is 0 Å². The van der Waals surface area contributed by atoms with Gasteiger partial charge in [-0.15, -0.1) is 0 Å². The monoisotopic (exact) mass is 366 g/mol. The molecule has 0 saturated carbocycles. The highest BCUT2D eigenvalue weighted by molar-refractivity contribution is 4.90. The predicted octanol–water partition coefficient (Wildman–Crippen LogP) is 5.52. The first kappa shape index (κ1) is 28.7. The summed E-state index contributed by atoms with van der Waals surface area (Å²) < 4.78 is 0. The van der Waals surface area contributed by atoms with E-state index in [4.69, 9.17) is 31.6 Å². The Kier molecular flexibility index (Phi) is 16.2. The third-order valence-corrected chi connectivity index (χ3v) is 3.35. The highest BCUT2D eigenvalue weighted by Gasteiger charge is 2.17. The van der Waals surface area contributed by atoms with Crippen LogP contribution in [-0.2, 0) is 0 Å². The standard InChI is InChI=1S/3C7H10N2/c3*1-7(2,3-5-8)4-6-9/h3*3-4H2,1-2H3.